The SMILES string of the molecule is COc1ccc2cc(C(=O)NNC(=O)COc3ccc(Cl)cc3Cl)c(=O)oc2c1. The Balaban J connectivity index is 1.62. The standard InChI is InChI=1S/C19H14Cl2N2O6/c1-27-12-4-2-10-6-13(19(26)29-16(10)8-12)18(25)23-22-17(24)9-28-15-5-3-11(20)7-14(15)21/h2-8H,9H2,1H3,(H,22,24)(H,23,25). The highest BCUT2D eigenvalue weighted by Crippen LogP contribution is 2.27. The van der Waals surface area contributed by atoms with Gasteiger partial charge in [0, 0.05) is 16.5 Å². The van der Waals surface area contributed by atoms with Crippen LogP contribution >= 0.6 is 23.2 Å². The lowest BCUT2D eigenvalue weighted by Gasteiger charge is -2.10. The van der Waals surface area contributed by atoms with Crippen LogP contribution in [0.3, 0.4) is 0 Å². The largest absolute Gasteiger partial charge is 0.497 e. The van der Waals surface area contributed by atoms with Crippen molar-refractivity contribution in [2.75, 3.05) is 13.7 Å². The van der Waals surface area contributed by atoms with E-state index in [0.717, 1.165) is 0 Å². The van der Waals surface area contributed by atoms with Gasteiger partial charge in [-0.05, 0) is 36.4 Å². The van der Waals surface area contributed by atoms with E-state index >= 15 is 0 Å². The van der Waals surface area contributed by atoms with Gasteiger partial charge in [0.2, 0.25) is 0 Å². The van der Waals surface area contributed by atoms with Gasteiger partial charge in [-0.3, -0.25) is 20.4 Å². The number of rotatable bonds is 5. The maximum atomic E-state index is 12.2. The predicted molar refractivity (Wildman–Crippen MR) is 107 cm³/mol. The summed E-state index contributed by atoms with van der Waals surface area (Å²) in [4.78, 5) is 36.1. The van der Waals surface area contributed by atoms with E-state index in [9.17, 15) is 14.4 Å². The van der Waals surface area contributed by atoms with Crippen LogP contribution in [0.1, 0.15) is 10.4 Å². The summed E-state index contributed by atoms with van der Waals surface area (Å²) in [7, 11) is 1.48. The van der Waals surface area contributed by atoms with E-state index < -0.39 is 24.0 Å². The summed E-state index contributed by atoms with van der Waals surface area (Å²) in [5.74, 6) is -0.748. The van der Waals surface area contributed by atoms with Crippen molar-refractivity contribution >= 4 is 46.0 Å². The van der Waals surface area contributed by atoms with E-state index in [1.54, 1.807) is 18.2 Å². The van der Waals surface area contributed by atoms with Crippen LogP contribution < -0.4 is 26.0 Å². The third kappa shape index (κ3) is 4.98. The number of methoxy groups -OCH3 is 1. The van der Waals surface area contributed by atoms with E-state index in [0.29, 0.717) is 16.2 Å². The molecule has 0 saturated heterocycles. The molecule has 0 fully saturated rings. The zero-order chi connectivity index (χ0) is 21.0. The Morgan fingerprint density at radius 3 is 2.59 bits per heavy atom. The van der Waals surface area contributed by atoms with Crippen LogP contribution in [0.4, 0.5) is 0 Å². The molecule has 8 nitrogen and oxygen atoms in total. The third-order valence-electron chi connectivity index (χ3n) is 3.76. The van der Waals surface area contributed by atoms with E-state index in [2.05, 4.69) is 10.9 Å². The maximum Gasteiger partial charge on any atom is 0.349 e. The Morgan fingerprint density at radius 2 is 1.86 bits per heavy atom. The van der Waals surface area contributed by atoms with Crippen molar-refractivity contribution < 1.29 is 23.5 Å². The first-order chi connectivity index (χ1) is 13.9. The highest BCUT2D eigenvalue weighted by molar-refractivity contribution is 6.35. The summed E-state index contributed by atoms with van der Waals surface area (Å²) < 4.78 is 15.4. The van der Waals surface area contributed by atoms with Gasteiger partial charge < -0.3 is 13.9 Å². The summed E-state index contributed by atoms with van der Waals surface area (Å²) in [6, 6.07) is 10.7. The van der Waals surface area contributed by atoms with Gasteiger partial charge >= 0.3 is 5.63 Å². The molecule has 0 aliphatic carbocycles. The van der Waals surface area contributed by atoms with E-state index in [4.69, 9.17) is 37.1 Å². The van der Waals surface area contributed by atoms with Crippen molar-refractivity contribution in [3.05, 3.63) is 68.5 Å². The van der Waals surface area contributed by atoms with Crippen molar-refractivity contribution in [1.29, 1.82) is 0 Å². The van der Waals surface area contributed by atoms with Gasteiger partial charge in [-0.25, -0.2) is 4.79 Å². The van der Waals surface area contributed by atoms with Crippen LogP contribution in [0, 0.1) is 0 Å². The average Bonchev–Trinajstić information content (AvgIpc) is 2.70. The van der Waals surface area contributed by atoms with Gasteiger partial charge in [-0.2, -0.15) is 0 Å². The minimum Gasteiger partial charge on any atom is -0.497 e. The molecule has 0 atom stereocenters. The van der Waals surface area contributed by atoms with Crippen LogP contribution in [-0.2, 0) is 4.79 Å². The third-order valence-corrected chi connectivity index (χ3v) is 4.29. The van der Waals surface area contributed by atoms with E-state index in [1.165, 1.54) is 31.4 Å². The summed E-state index contributed by atoms with van der Waals surface area (Å²) in [6.07, 6.45) is 0. The van der Waals surface area contributed by atoms with Gasteiger partial charge in [0.05, 0.1) is 12.1 Å². The Kier molecular flexibility index (Phi) is 6.26. The molecule has 10 heteroatoms. The molecule has 1 aromatic heterocycles. The van der Waals surface area contributed by atoms with Crippen molar-refractivity contribution in [1.82, 2.24) is 10.9 Å². The molecule has 0 spiro atoms. The number of amides is 2. The molecule has 3 aromatic rings. The fourth-order valence-electron chi connectivity index (χ4n) is 2.34. The van der Waals surface area contributed by atoms with Crippen molar-refractivity contribution in [3.63, 3.8) is 0 Å². The number of hydrogen-bond acceptors (Lipinski definition) is 6. The quantitative estimate of drug-likeness (QED) is 0.470. The molecule has 1 heterocycles. The molecule has 3 rings (SSSR count). The second-order valence-corrected chi connectivity index (χ2v) is 6.56. The maximum absolute atomic E-state index is 12.2. The predicted octanol–water partition coefficient (Wildman–Crippen LogP) is 2.95. The zero-order valence-electron chi connectivity index (χ0n) is 15.0. The van der Waals surface area contributed by atoms with Crippen LogP contribution in [-0.4, -0.2) is 25.5 Å². The Hall–Kier alpha value is -3.23. The van der Waals surface area contributed by atoms with E-state index in [-0.39, 0.29) is 21.9 Å². The molecule has 29 heavy (non-hydrogen) atoms. The smallest absolute Gasteiger partial charge is 0.349 e. The Bertz CT molecular complexity index is 1150. The lowest BCUT2D eigenvalue weighted by molar-refractivity contribution is -0.123. The highest BCUT2D eigenvalue weighted by Gasteiger charge is 2.15. The molecular weight excluding hydrogens is 423 g/mol. The molecule has 0 unspecified atom stereocenters. The zero-order valence-corrected chi connectivity index (χ0v) is 16.5. The Morgan fingerprint density at radius 1 is 1.07 bits per heavy atom. The number of fused-ring (bicyclic) bond motifs is 1. The van der Waals surface area contributed by atoms with Crippen molar-refractivity contribution in [3.8, 4) is 11.5 Å². The Labute approximate surface area is 174 Å². The molecule has 0 aliphatic rings. The lowest BCUT2D eigenvalue weighted by Crippen LogP contribution is -2.45. The molecule has 0 aliphatic heterocycles. The molecule has 2 aromatic carbocycles. The molecule has 0 saturated carbocycles. The minimum absolute atomic E-state index is 0.236. The number of ether oxygens (including phenoxy) is 2. The topological polar surface area (TPSA) is 107 Å². The summed E-state index contributed by atoms with van der Waals surface area (Å²) in [5, 5.41) is 1.18. The molecule has 2 N–H and O–H groups in total. The molecule has 2 amide bonds. The van der Waals surface area contributed by atoms with Crippen LogP contribution in [0.5, 0.6) is 11.5 Å². The number of nitrogens with one attached hydrogen (secondary N) is 2. The van der Waals surface area contributed by atoms with Gasteiger partial charge in [-0.1, -0.05) is 23.2 Å². The molecular formula is C19H14Cl2N2O6. The number of halogens is 2. The van der Waals surface area contributed by atoms with Gasteiger partial charge in [0.15, 0.2) is 6.61 Å². The van der Waals surface area contributed by atoms with Gasteiger partial charge in [0.1, 0.15) is 22.6 Å². The number of carbonyl (C=O) groups excluding carboxylic acids is 2. The number of hydrogen-bond donors (Lipinski definition) is 2. The second-order valence-electron chi connectivity index (χ2n) is 5.72. The molecule has 0 bridgehead atoms. The first-order valence-electron chi connectivity index (χ1n) is 8.16. The van der Waals surface area contributed by atoms with Gasteiger partial charge in [0.25, 0.3) is 11.8 Å². The van der Waals surface area contributed by atoms with Crippen LogP contribution in [0.25, 0.3) is 11.0 Å². The van der Waals surface area contributed by atoms with Crippen molar-refractivity contribution in [2.45, 2.75) is 0 Å². The lowest BCUT2D eigenvalue weighted by atomic mass is 10.1. The number of carbonyl (C=O) groups is 2. The van der Waals surface area contributed by atoms with Crippen LogP contribution in [0.15, 0.2) is 51.7 Å². The normalized spacial score (nSPS) is 10.4. The minimum atomic E-state index is -0.860. The summed E-state index contributed by atoms with van der Waals surface area (Å²) >= 11 is 11.7. The van der Waals surface area contributed by atoms with Crippen LogP contribution in [0.2, 0.25) is 10.0 Å². The average molecular weight is 437 g/mol. The first-order valence-corrected chi connectivity index (χ1v) is 8.92. The summed E-state index contributed by atoms with van der Waals surface area (Å²) in [6.45, 7) is -0.423. The number of hydrazine groups is 1. The molecule has 0 radical (unpaired) electrons. The second kappa shape index (κ2) is 8.85. The van der Waals surface area contributed by atoms with E-state index in [1.807, 2.05) is 0 Å². The monoisotopic (exact) mass is 436 g/mol. The highest BCUT2D eigenvalue weighted by atomic mass is 35.5. The van der Waals surface area contributed by atoms with Gasteiger partial charge in [-0.15, -0.1) is 0 Å². The summed E-state index contributed by atoms with van der Waals surface area (Å²) in [5.41, 5.74) is 3.41. The number of benzene rings is 2. The van der Waals surface area contributed by atoms with Crippen molar-refractivity contribution in [2.24, 2.45) is 0 Å². The molecule has 150 valence electrons. The fourth-order valence-corrected chi connectivity index (χ4v) is 2.81. The fraction of sp³-hybridized carbons (Fsp3) is 0.105. The first kappa shape index (κ1) is 20.5.